The van der Waals surface area contributed by atoms with Gasteiger partial charge in [-0.25, -0.2) is 4.57 Å². The molecule has 0 aromatic rings. The topological polar surface area (TPSA) is 92.7 Å². The second-order valence-electron chi connectivity index (χ2n) is 2.19. The third-order valence-electron chi connectivity index (χ3n) is 0.544. The van der Waals surface area contributed by atoms with E-state index in [-0.39, 0.29) is 0 Å². The number of rotatable bonds is 4. The quantitative estimate of drug-likeness (QED) is 0.508. The minimum absolute atomic E-state index is 0.728. The summed E-state index contributed by atoms with van der Waals surface area (Å²) in [5.41, 5.74) is 0. The summed E-state index contributed by atoms with van der Waals surface area (Å²) in [6, 6.07) is 0. The van der Waals surface area contributed by atoms with Crippen LogP contribution in [0.3, 0.4) is 0 Å². The second-order valence-corrected chi connectivity index (χ2v) is 5.03. The van der Waals surface area contributed by atoms with Gasteiger partial charge < -0.3 is 4.89 Å². The average Bonchev–Trinajstić information content (AvgIpc) is 1.82. The minimum atomic E-state index is -5.31. The molecule has 0 radical (unpaired) electrons. The van der Waals surface area contributed by atoms with Crippen molar-refractivity contribution in [2.45, 2.75) is 20.0 Å². The number of nitrogens with one attached hydrogen (secondary N) is 1. The van der Waals surface area contributed by atoms with E-state index in [1.807, 2.05) is 30.8 Å². The van der Waals surface area contributed by atoms with Gasteiger partial charge in [0.05, 0.1) is 6.10 Å². The third-order valence-corrected chi connectivity index (χ3v) is 2.98. The van der Waals surface area contributed by atoms with Gasteiger partial charge in [0.1, 0.15) is 0 Å². The van der Waals surface area contributed by atoms with E-state index in [1.165, 1.54) is 13.8 Å². The Morgan fingerprint density at radius 2 is 1.86 bits per heavy atom. The summed E-state index contributed by atoms with van der Waals surface area (Å²) in [6.07, 6.45) is -0.728. The molecule has 0 aliphatic rings. The first-order valence-electron chi connectivity index (χ1n) is 3.87. The fraction of sp³-hybridized carbons (Fsp3) is 1.00. The van der Waals surface area contributed by atoms with Crippen LogP contribution < -0.4 is 4.49 Å². The molecule has 1 atom stereocenters. The molecule has 0 saturated carbocycles. The van der Waals surface area contributed by atoms with E-state index in [0.29, 0.717) is 0 Å². The van der Waals surface area contributed by atoms with Crippen LogP contribution in [0.4, 0.5) is 4.20 Å². The molecule has 2 N–H and O–H groups in total. The van der Waals surface area contributed by atoms with Gasteiger partial charge in [0.15, 0.2) is 0 Å². The van der Waals surface area contributed by atoms with E-state index < -0.39 is 24.2 Å². The van der Waals surface area contributed by atoms with Gasteiger partial charge in [-0.05, 0) is 13.8 Å². The standard InChI is InChI=1S/C3H9FNO5PS.2Li/c1-3(2)10-12(8,9)5-11(4,6)7;;/h3H,1-2H3,(H2,5,6,7);;. The van der Waals surface area contributed by atoms with Crippen molar-refractivity contribution in [1.82, 2.24) is 4.49 Å². The molecule has 0 saturated heterocycles. The predicted molar refractivity (Wildman–Crippen MR) is 50.7 cm³/mol. The van der Waals surface area contributed by atoms with E-state index in [9.17, 15) is 17.2 Å². The Balaban J connectivity index is 0. The first kappa shape index (κ1) is 17.6. The van der Waals surface area contributed by atoms with E-state index >= 15 is 0 Å². The number of hydrogen-bond acceptors (Lipinski definition) is 4. The Hall–Kier alpha value is 1.18. The Morgan fingerprint density at radius 1 is 1.50 bits per heavy atom. The average molecular weight is 235 g/mol. The summed E-state index contributed by atoms with van der Waals surface area (Å²) < 4.78 is 47.8. The molecule has 1 unspecified atom stereocenters. The zero-order valence-electron chi connectivity index (χ0n) is 8.39. The Kier molecular flexibility index (Phi) is 9.36. The van der Waals surface area contributed by atoms with Crippen molar-refractivity contribution in [3.63, 3.8) is 0 Å². The number of halogens is 1. The molecule has 11 heteroatoms. The van der Waals surface area contributed by atoms with Crippen LogP contribution in [0.15, 0.2) is 0 Å². The van der Waals surface area contributed by atoms with Crippen molar-refractivity contribution >= 4 is 48.9 Å². The molecule has 0 aliphatic heterocycles. The zero-order chi connectivity index (χ0) is 12.0. The van der Waals surface area contributed by atoms with Gasteiger partial charge in [-0.15, -0.1) is 4.20 Å². The Morgan fingerprint density at radius 3 is 2.07 bits per heavy atom. The molecule has 0 aliphatic carbocycles. The molecule has 0 aromatic carbocycles. The Bertz CT molecular complexity index is 289. The molecule has 0 aromatic heterocycles. The maximum atomic E-state index is 11.9. The van der Waals surface area contributed by atoms with Crippen molar-refractivity contribution in [2.75, 3.05) is 0 Å². The van der Waals surface area contributed by atoms with Crippen LogP contribution in [-0.4, -0.2) is 50.2 Å². The van der Waals surface area contributed by atoms with Gasteiger partial charge in [0.25, 0.3) is 0 Å². The molecule has 0 bridgehead atoms. The van der Waals surface area contributed by atoms with Gasteiger partial charge >= 0.3 is 48.9 Å². The van der Waals surface area contributed by atoms with E-state index in [0.717, 1.165) is 4.49 Å². The van der Waals surface area contributed by atoms with Crippen LogP contribution in [0, 0.1) is 0 Å². The van der Waals surface area contributed by atoms with Crippen LogP contribution >= 0.6 is 7.83 Å². The second kappa shape index (κ2) is 7.46. The molecule has 0 spiro atoms. The van der Waals surface area contributed by atoms with Crippen molar-refractivity contribution in [3.05, 3.63) is 0 Å². The van der Waals surface area contributed by atoms with E-state index in [2.05, 4.69) is 4.18 Å². The van der Waals surface area contributed by atoms with Crippen LogP contribution in [0.5, 0.6) is 0 Å². The third kappa shape index (κ3) is 13.2. The van der Waals surface area contributed by atoms with Gasteiger partial charge in [-0.3, -0.25) is 4.18 Å². The summed E-state index contributed by atoms with van der Waals surface area (Å²) in [5, 5.41) is 0. The summed E-state index contributed by atoms with van der Waals surface area (Å²) in [7, 11) is -9.78. The van der Waals surface area contributed by atoms with Gasteiger partial charge in [0, 0.05) is 0 Å². The molecule has 14 heavy (non-hydrogen) atoms. The predicted octanol–water partition coefficient (Wildman–Crippen LogP) is -0.446. The van der Waals surface area contributed by atoms with Crippen molar-refractivity contribution < 1.29 is 26.3 Å². The van der Waals surface area contributed by atoms with E-state index in [4.69, 9.17) is 4.89 Å². The molecular formula is C3H9FLi2NO5PS. The van der Waals surface area contributed by atoms with Crippen LogP contribution in [0.1, 0.15) is 13.8 Å². The Labute approximate surface area is 99.3 Å². The zero-order valence-corrected chi connectivity index (χ0v) is 10.1. The first-order valence-corrected chi connectivity index (χ1v) is 6.83. The van der Waals surface area contributed by atoms with Gasteiger partial charge in [-0.2, -0.15) is 8.42 Å². The van der Waals surface area contributed by atoms with Gasteiger partial charge in [0.2, 0.25) is 0 Å². The summed E-state index contributed by atoms with van der Waals surface area (Å²) in [4.78, 5) is 7.98. The van der Waals surface area contributed by atoms with E-state index in [1.54, 1.807) is 0 Å². The van der Waals surface area contributed by atoms with Crippen LogP contribution in [0.25, 0.3) is 0 Å². The van der Waals surface area contributed by atoms with Crippen LogP contribution in [0.2, 0.25) is 0 Å². The fourth-order valence-corrected chi connectivity index (χ4v) is 2.19. The van der Waals surface area contributed by atoms with Crippen molar-refractivity contribution in [1.29, 1.82) is 0 Å². The molecular weight excluding hydrogens is 226 g/mol. The van der Waals surface area contributed by atoms with Crippen LogP contribution in [-0.2, 0) is 19.1 Å². The van der Waals surface area contributed by atoms with Gasteiger partial charge in [-0.1, -0.05) is 4.49 Å². The molecule has 76 valence electrons. The molecule has 0 heterocycles. The first-order chi connectivity index (χ1) is 6.12. The summed E-state index contributed by atoms with van der Waals surface area (Å²) >= 11 is 4.00. The molecule has 6 nitrogen and oxygen atoms in total. The maximum absolute atomic E-state index is 11.9. The SMILES string of the molecule is CC(C)OS(=O)(=O)NP(=O)(O)F.[Li][Li]. The summed E-state index contributed by atoms with van der Waals surface area (Å²) in [5.74, 6) is 0. The van der Waals surface area contributed by atoms with Crippen molar-refractivity contribution in [3.8, 4) is 0 Å². The summed E-state index contributed by atoms with van der Waals surface area (Å²) in [6.45, 7) is 2.75. The molecule has 0 amide bonds. The van der Waals surface area contributed by atoms with Crippen molar-refractivity contribution in [2.24, 2.45) is 0 Å². The monoisotopic (exact) mass is 235 g/mol. The molecule has 0 rings (SSSR count). The molecule has 0 fully saturated rings. The fourth-order valence-electron chi connectivity index (χ4n) is 0.413. The number of hydrogen-bond donors (Lipinski definition) is 2. The normalized spacial score (nSPS) is 15.8.